The van der Waals surface area contributed by atoms with E-state index in [1.54, 1.807) is 12.4 Å². The summed E-state index contributed by atoms with van der Waals surface area (Å²) < 4.78 is 33.8. The summed E-state index contributed by atoms with van der Waals surface area (Å²) in [7, 11) is -3.63. The van der Waals surface area contributed by atoms with Gasteiger partial charge < -0.3 is 14.3 Å². The lowest BCUT2D eigenvalue weighted by Gasteiger charge is -2.25. The minimum absolute atomic E-state index is 0.0247. The molecule has 0 amide bonds. The standard InChI is InChI=1S/C12H17N5O3S/c1-2-13-7-10-3-4-12(20-10)21(18,19)17-6-5-16-9-14-15-11(16)8-17/h3-4,9,13H,2,5-8H2,1H3. The Morgan fingerprint density at radius 2 is 2.24 bits per heavy atom. The van der Waals surface area contributed by atoms with Gasteiger partial charge in [-0.25, -0.2) is 8.42 Å². The van der Waals surface area contributed by atoms with Crippen molar-refractivity contribution in [1.82, 2.24) is 24.4 Å². The molecule has 1 aliphatic rings. The molecule has 0 atom stereocenters. The maximum atomic E-state index is 12.6. The van der Waals surface area contributed by atoms with Gasteiger partial charge in [-0.3, -0.25) is 0 Å². The van der Waals surface area contributed by atoms with E-state index in [4.69, 9.17) is 4.42 Å². The molecule has 1 N–H and O–H groups in total. The second-order valence-electron chi connectivity index (χ2n) is 4.78. The minimum atomic E-state index is -3.63. The van der Waals surface area contributed by atoms with Crippen molar-refractivity contribution in [3.8, 4) is 0 Å². The molecule has 0 aliphatic carbocycles. The van der Waals surface area contributed by atoms with Gasteiger partial charge in [0.25, 0.3) is 10.0 Å². The van der Waals surface area contributed by atoms with Crippen molar-refractivity contribution in [1.29, 1.82) is 0 Å². The Morgan fingerprint density at radius 1 is 1.38 bits per heavy atom. The van der Waals surface area contributed by atoms with E-state index in [0.717, 1.165) is 6.54 Å². The number of hydrogen-bond acceptors (Lipinski definition) is 6. The van der Waals surface area contributed by atoms with E-state index in [2.05, 4.69) is 15.5 Å². The maximum Gasteiger partial charge on any atom is 0.276 e. The molecule has 8 nitrogen and oxygen atoms in total. The number of nitrogens with one attached hydrogen (secondary N) is 1. The predicted octanol–water partition coefficient (Wildman–Crippen LogP) is 0.185. The first kappa shape index (κ1) is 14.2. The zero-order valence-corrected chi connectivity index (χ0v) is 12.5. The van der Waals surface area contributed by atoms with E-state index in [0.29, 0.717) is 31.2 Å². The maximum absolute atomic E-state index is 12.6. The Morgan fingerprint density at radius 3 is 3.05 bits per heavy atom. The van der Waals surface area contributed by atoms with Crippen LogP contribution in [0.4, 0.5) is 0 Å². The molecule has 2 aromatic rings. The highest BCUT2D eigenvalue weighted by Crippen LogP contribution is 2.22. The van der Waals surface area contributed by atoms with Crippen LogP contribution in [0.3, 0.4) is 0 Å². The highest BCUT2D eigenvalue weighted by molar-refractivity contribution is 7.89. The smallest absolute Gasteiger partial charge is 0.276 e. The summed E-state index contributed by atoms with van der Waals surface area (Å²) in [5.74, 6) is 1.25. The van der Waals surface area contributed by atoms with E-state index >= 15 is 0 Å². The van der Waals surface area contributed by atoms with Gasteiger partial charge in [0, 0.05) is 13.1 Å². The number of fused-ring (bicyclic) bond motifs is 1. The summed E-state index contributed by atoms with van der Waals surface area (Å²) in [5.41, 5.74) is 0. The first-order valence-electron chi connectivity index (χ1n) is 6.77. The Hall–Kier alpha value is -1.71. The number of furan rings is 1. The lowest BCUT2D eigenvalue weighted by Crippen LogP contribution is -2.38. The van der Waals surface area contributed by atoms with Gasteiger partial charge in [0.05, 0.1) is 13.1 Å². The zero-order valence-electron chi connectivity index (χ0n) is 11.7. The molecule has 0 unspecified atom stereocenters. The quantitative estimate of drug-likeness (QED) is 0.847. The van der Waals surface area contributed by atoms with Gasteiger partial charge >= 0.3 is 0 Å². The Balaban J connectivity index is 1.79. The molecule has 0 spiro atoms. The van der Waals surface area contributed by atoms with Crippen LogP contribution >= 0.6 is 0 Å². The highest BCUT2D eigenvalue weighted by Gasteiger charge is 2.31. The molecule has 0 bridgehead atoms. The normalized spacial score (nSPS) is 16.0. The van der Waals surface area contributed by atoms with Gasteiger partial charge in [-0.15, -0.1) is 10.2 Å². The van der Waals surface area contributed by atoms with Crippen LogP contribution in [0.15, 0.2) is 28.0 Å². The molecule has 0 aromatic carbocycles. The van der Waals surface area contributed by atoms with Crippen LogP contribution < -0.4 is 5.32 Å². The summed E-state index contributed by atoms with van der Waals surface area (Å²) in [6.45, 7) is 4.43. The number of hydrogen-bond donors (Lipinski definition) is 1. The third-order valence-corrected chi connectivity index (χ3v) is 5.10. The number of rotatable bonds is 5. The second kappa shape index (κ2) is 5.58. The Kier molecular flexibility index (Phi) is 3.79. The van der Waals surface area contributed by atoms with E-state index in [-0.39, 0.29) is 11.6 Å². The molecule has 0 fully saturated rings. The van der Waals surface area contributed by atoms with Crippen molar-refractivity contribution < 1.29 is 12.8 Å². The number of nitrogens with zero attached hydrogens (tertiary/aromatic N) is 4. The number of sulfonamides is 1. The van der Waals surface area contributed by atoms with Crippen LogP contribution in [0, 0.1) is 0 Å². The molecule has 9 heteroatoms. The third-order valence-electron chi connectivity index (χ3n) is 3.38. The average molecular weight is 311 g/mol. The van der Waals surface area contributed by atoms with Crippen LogP contribution in [0.25, 0.3) is 0 Å². The molecule has 3 rings (SSSR count). The summed E-state index contributed by atoms with van der Waals surface area (Å²) in [5, 5.41) is 10.8. The van der Waals surface area contributed by atoms with Crippen LogP contribution in [0.5, 0.6) is 0 Å². The van der Waals surface area contributed by atoms with Gasteiger partial charge in [-0.2, -0.15) is 4.31 Å². The van der Waals surface area contributed by atoms with E-state index in [1.165, 1.54) is 10.4 Å². The van der Waals surface area contributed by atoms with E-state index in [1.807, 2.05) is 11.5 Å². The highest BCUT2D eigenvalue weighted by atomic mass is 32.2. The molecule has 3 heterocycles. The first-order chi connectivity index (χ1) is 10.1. The molecule has 1 aliphatic heterocycles. The molecular weight excluding hydrogens is 294 g/mol. The lowest BCUT2D eigenvalue weighted by molar-refractivity contribution is 0.318. The number of aromatic nitrogens is 3. The molecule has 21 heavy (non-hydrogen) atoms. The first-order valence-corrected chi connectivity index (χ1v) is 8.21. The predicted molar refractivity (Wildman–Crippen MR) is 73.7 cm³/mol. The fourth-order valence-electron chi connectivity index (χ4n) is 2.22. The Labute approximate surface area is 122 Å². The molecule has 0 saturated carbocycles. The van der Waals surface area contributed by atoms with Gasteiger partial charge in [-0.1, -0.05) is 6.92 Å². The van der Waals surface area contributed by atoms with Crippen molar-refractivity contribution in [2.24, 2.45) is 0 Å². The Bertz CT molecular complexity index is 721. The molecule has 114 valence electrons. The van der Waals surface area contributed by atoms with Gasteiger partial charge in [0.15, 0.2) is 0 Å². The second-order valence-corrected chi connectivity index (χ2v) is 6.65. The van der Waals surface area contributed by atoms with Crippen LogP contribution in [0.2, 0.25) is 0 Å². The SMILES string of the molecule is CCNCc1ccc(S(=O)(=O)N2CCn3cnnc3C2)o1. The van der Waals surface area contributed by atoms with E-state index in [9.17, 15) is 8.42 Å². The largest absolute Gasteiger partial charge is 0.447 e. The van der Waals surface area contributed by atoms with Crippen LogP contribution in [-0.2, 0) is 29.7 Å². The van der Waals surface area contributed by atoms with Crippen LogP contribution in [-0.4, -0.2) is 40.6 Å². The monoisotopic (exact) mass is 311 g/mol. The molecule has 0 radical (unpaired) electrons. The minimum Gasteiger partial charge on any atom is -0.447 e. The summed E-state index contributed by atoms with van der Waals surface area (Å²) in [4.78, 5) is 0. The zero-order chi connectivity index (χ0) is 14.9. The lowest BCUT2D eigenvalue weighted by atomic mass is 10.4. The van der Waals surface area contributed by atoms with Gasteiger partial charge in [0.2, 0.25) is 5.09 Å². The average Bonchev–Trinajstić information content (AvgIpc) is 3.13. The van der Waals surface area contributed by atoms with Crippen LogP contribution in [0.1, 0.15) is 18.5 Å². The van der Waals surface area contributed by atoms with Crippen molar-refractivity contribution in [2.45, 2.75) is 31.7 Å². The summed E-state index contributed by atoms with van der Waals surface area (Å²) in [6.07, 6.45) is 1.61. The van der Waals surface area contributed by atoms with Gasteiger partial charge in [-0.05, 0) is 18.7 Å². The van der Waals surface area contributed by atoms with E-state index < -0.39 is 10.0 Å². The summed E-state index contributed by atoms with van der Waals surface area (Å²) in [6, 6.07) is 3.18. The summed E-state index contributed by atoms with van der Waals surface area (Å²) >= 11 is 0. The fourth-order valence-corrected chi connectivity index (χ4v) is 3.53. The van der Waals surface area contributed by atoms with Crippen molar-refractivity contribution >= 4 is 10.0 Å². The van der Waals surface area contributed by atoms with Crippen molar-refractivity contribution in [3.63, 3.8) is 0 Å². The molecule has 2 aromatic heterocycles. The fraction of sp³-hybridized carbons (Fsp3) is 0.500. The topological polar surface area (TPSA) is 93.3 Å². The molecule has 0 saturated heterocycles. The van der Waals surface area contributed by atoms with Gasteiger partial charge in [0.1, 0.15) is 17.9 Å². The van der Waals surface area contributed by atoms with Crippen molar-refractivity contribution in [3.05, 3.63) is 30.0 Å². The van der Waals surface area contributed by atoms with Crippen molar-refractivity contribution in [2.75, 3.05) is 13.1 Å². The molecular formula is C12H17N5O3S. The third kappa shape index (κ3) is 2.71.